The zero-order valence-corrected chi connectivity index (χ0v) is 20.0. The Morgan fingerprint density at radius 3 is 2.74 bits per heavy atom. The van der Waals surface area contributed by atoms with E-state index in [1.54, 1.807) is 6.26 Å². The number of H-pyrrole nitrogens is 1. The van der Waals surface area contributed by atoms with Crippen molar-refractivity contribution in [1.82, 2.24) is 34.0 Å². The molecule has 1 N–H and O–H groups in total. The first-order valence-corrected chi connectivity index (χ1v) is 13.1. The minimum Gasteiger partial charge on any atom is -0.378 e. The number of benzene rings is 1. The Kier molecular flexibility index (Phi) is 5.77. The molecule has 0 amide bonds. The van der Waals surface area contributed by atoms with Gasteiger partial charge < -0.3 is 9.64 Å². The smallest absolute Gasteiger partial charge is 0.182 e. The lowest BCUT2D eigenvalue weighted by Gasteiger charge is -2.32. The van der Waals surface area contributed by atoms with Crippen molar-refractivity contribution in [2.75, 3.05) is 63.6 Å². The van der Waals surface area contributed by atoms with Crippen LogP contribution in [0.15, 0.2) is 36.7 Å². The molecular formula is C23H28N8O2S. The fourth-order valence-corrected chi connectivity index (χ4v) is 5.49. The van der Waals surface area contributed by atoms with Gasteiger partial charge >= 0.3 is 0 Å². The normalized spacial score (nSPS) is 19.3. The summed E-state index contributed by atoms with van der Waals surface area (Å²) >= 11 is 0. The van der Waals surface area contributed by atoms with Crippen LogP contribution < -0.4 is 4.90 Å². The predicted molar refractivity (Wildman–Crippen MR) is 132 cm³/mol. The molecule has 178 valence electrons. The van der Waals surface area contributed by atoms with Crippen molar-refractivity contribution in [3.05, 3.63) is 42.2 Å². The third-order valence-corrected chi connectivity index (χ3v) is 7.73. The predicted octanol–water partition coefficient (Wildman–Crippen LogP) is 1.52. The number of piperazine rings is 1. The van der Waals surface area contributed by atoms with Crippen LogP contribution in [0.5, 0.6) is 0 Å². The Hall–Kier alpha value is -2.86. The summed E-state index contributed by atoms with van der Waals surface area (Å²) in [6, 6.07) is 8.26. The number of aromatic nitrogens is 5. The van der Waals surface area contributed by atoms with Crippen molar-refractivity contribution in [3.63, 3.8) is 0 Å². The maximum absolute atomic E-state index is 11.8. The van der Waals surface area contributed by atoms with Gasteiger partial charge in [-0.15, -0.1) is 5.10 Å². The van der Waals surface area contributed by atoms with E-state index in [1.165, 1.54) is 5.56 Å². The van der Waals surface area contributed by atoms with Gasteiger partial charge in [-0.05, 0) is 17.7 Å². The van der Waals surface area contributed by atoms with Crippen molar-refractivity contribution in [2.24, 2.45) is 0 Å². The van der Waals surface area contributed by atoms with Crippen molar-refractivity contribution in [2.45, 2.75) is 6.54 Å². The minimum atomic E-state index is -0.898. The van der Waals surface area contributed by atoms with Crippen LogP contribution >= 0.6 is 0 Å². The van der Waals surface area contributed by atoms with Gasteiger partial charge in [-0.1, -0.05) is 12.1 Å². The highest BCUT2D eigenvalue weighted by molar-refractivity contribution is 7.81. The number of hydrogen-bond donors (Lipinski definition) is 1. The Morgan fingerprint density at radius 1 is 1.12 bits per heavy atom. The van der Waals surface area contributed by atoms with Crippen molar-refractivity contribution in [1.29, 1.82) is 0 Å². The topological polar surface area (TPSA) is 94.9 Å². The molecule has 2 aliphatic rings. The van der Waals surface area contributed by atoms with Gasteiger partial charge in [0.05, 0.1) is 35.9 Å². The highest BCUT2D eigenvalue weighted by Gasteiger charge is 2.22. The van der Waals surface area contributed by atoms with Crippen LogP contribution in [0.25, 0.3) is 27.8 Å². The van der Waals surface area contributed by atoms with Gasteiger partial charge in [-0.25, -0.2) is 18.0 Å². The molecule has 11 heteroatoms. The van der Waals surface area contributed by atoms with E-state index in [-0.39, 0.29) is 0 Å². The number of ether oxygens (including phenoxy) is 1. The molecule has 5 heterocycles. The molecule has 4 aromatic rings. The Bertz CT molecular complexity index is 1340. The fraction of sp³-hybridized carbons (Fsp3) is 0.435. The van der Waals surface area contributed by atoms with Crippen LogP contribution in [-0.4, -0.2) is 96.9 Å². The molecule has 2 saturated heterocycles. The van der Waals surface area contributed by atoms with E-state index >= 15 is 0 Å². The second kappa shape index (κ2) is 9.06. The molecule has 0 aliphatic carbocycles. The summed E-state index contributed by atoms with van der Waals surface area (Å²) in [6.07, 6.45) is 5.70. The summed E-state index contributed by atoms with van der Waals surface area (Å²) in [6.45, 7) is 7.30. The van der Waals surface area contributed by atoms with E-state index in [0.29, 0.717) is 19.0 Å². The molecule has 2 aliphatic heterocycles. The van der Waals surface area contributed by atoms with E-state index in [9.17, 15) is 4.21 Å². The van der Waals surface area contributed by atoms with Crippen molar-refractivity contribution < 1.29 is 8.95 Å². The lowest BCUT2D eigenvalue weighted by molar-refractivity contribution is 0.122. The van der Waals surface area contributed by atoms with Crippen molar-refractivity contribution >= 4 is 33.2 Å². The molecule has 0 bridgehead atoms. The number of hydrogen-bond acceptors (Lipinski definition) is 7. The average molecular weight is 481 g/mol. The Balaban J connectivity index is 1.37. The third kappa shape index (κ3) is 4.09. The van der Waals surface area contributed by atoms with Crippen LogP contribution in [-0.2, 0) is 22.3 Å². The second-order valence-electron chi connectivity index (χ2n) is 8.80. The molecule has 1 aromatic carbocycles. The van der Waals surface area contributed by atoms with E-state index < -0.39 is 11.0 Å². The molecule has 10 nitrogen and oxygen atoms in total. The minimum absolute atomic E-state index is 0.683. The quantitative estimate of drug-likeness (QED) is 0.463. The molecule has 1 unspecified atom stereocenters. The summed E-state index contributed by atoms with van der Waals surface area (Å²) in [4.78, 5) is 9.76. The van der Waals surface area contributed by atoms with Crippen LogP contribution in [0.3, 0.4) is 0 Å². The fourth-order valence-electron chi connectivity index (χ4n) is 4.81. The second-order valence-corrected chi connectivity index (χ2v) is 10.2. The number of morpholine rings is 1. The van der Waals surface area contributed by atoms with Gasteiger partial charge in [-0.3, -0.25) is 10.00 Å². The third-order valence-electron chi connectivity index (χ3n) is 6.64. The summed E-state index contributed by atoms with van der Waals surface area (Å²) in [5.74, 6) is 1.62. The van der Waals surface area contributed by atoms with E-state index in [1.807, 2.05) is 33.2 Å². The molecule has 0 saturated carbocycles. The highest BCUT2D eigenvalue weighted by atomic mass is 32.2. The van der Waals surface area contributed by atoms with E-state index in [4.69, 9.17) is 14.8 Å². The number of anilines is 1. The number of nitrogens with zero attached hydrogens (tertiary/aromatic N) is 7. The van der Waals surface area contributed by atoms with Gasteiger partial charge in [0.1, 0.15) is 5.52 Å². The first kappa shape index (κ1) is 21.7. The summed E-state index contributed by atoms with van der Waals surface area (Å²) in [7, 11) is -0.898. The molecule has 0 radical (unpaired) electrons. The lowest BCUT2D eigenvalue weighted by Crippen LogP contribution is -2.46. The SMILES string of the molecule is CS(=O)N1CCN(Cc2cc3c(N4CCOCC4)nc(-c4cccc5[nH]ncc45)nn3c2)CC1. The zero-order valence-electron chi connectivity index (χ0n) is 19.2. The van der Waals surface area contributed by atoms with Crippen LogP contribution in [0.4, 0.5) is 5.82 Å². The standard InChI is InChI=1S/C23H28N8O2S/c1-34(32)30-7-5-28(6-8-30)15-17-13-21-23(29-9-11-33-12-10-29)25-22(27-31(21)16-17)18-3-2-4-20-19(18)14-24-26-20/h2-4,13-14,16H,5-12,15H2,1H3,(H,24,26). The van der Waals surface area contributed by atoms with Crippen LogP contribution in [0.1, 0.15) is 5.56 Å². The molecular weight excluding hydrogens is 452 g/mol. The van der Waals surface area contributed by atoms with Crippen LogP contribution in [0.2, 0.25) is 0 Å². The average Bonchev–Trinajstić information content (AvgIpc) is 3.50. The maximum atomic E-state index is 11.8. The van der Waals surface area contributed by atoms with E-state index in [2.05, 4.69) is 32.3 Å². The van der Waals surface area contributed by atoms with E-state index in [0.717, 1.165) is 73.6 Å². The molecule has 34 heavy (non-hydrogen) atoms. The molecule has 3 aromatic heterocycles. The first-order valence-electron chi connectivity index (χ1n) is 11.6. The Morgan fingerprint density at radius 2 is 1.94 bits per heavy atom. The van der Waals surface area contributed by atoms with Gasteiger partial charge in [0.15, 0.2) is 11.6 Å². The maximum Gasteiger partial charge on any atom is 0.182 e. The number of aromatic amines is 1. The van der Waals surface area contributed by atoms with Crippen LogP contribution in [0, 0.1) is 0 Å². The summed E-state index contributed by atoms with van der Waals surface area (Å²) < 4.78 is 21.3. The molecule has 1 atom stereocenters. The van der Waals surface area contributed by atoms with Gasteiger partial charge in [0, 0.05) is 69.2 Å². The largest absolute Gasteiger partial charge is 0.378 e. The van der Waals surface area contributed by atoms with Gasteiger partial charge in [-0.2, -0.15) is 5.10 Å². The number of rotatable bonds is 5. The zero-order chi connectivity index (χ0) is 23.1. The Labute approximate surface area is 200 Å². The highest BCUT2D eigenvalue weighted by Crippen LogP contribution is 2.29. The van der Waals surface area contributed by atoms with Gasteiger partial charge in [0.25, 0.3) is 0 Å². The lowest BCUT2D eigenvalue weighted by atomic mass is 10.1. The molecule has 6 rings (SSSR count). The molecule has 0 spiro atoms. The first-order chi connectivity index (χ1) is 16.7. The number of fused-ring (bicyclic) bond motifs is 2. The summed E-state index contributed by atoms with van der Waals surface area (Å²) in [5.41, 5.74) is 4.14. The monoisotopic (exact) mass is 480 g/mol. The van der Waals surface area contributed by atoms with Gasteiger partial charge in [0.2, 0.25) is 0 Å². The van der Waals surface area contributed by atoms with Crippen molar-refractivity contribution in [3.8, 4) is 11.4 Å². The summed E-state index contributed by atoms with van der Waals surface area (Å²) in [5, 5.41) is 13.2. The molecule has 2 fully saturated rings. The number of nitrogens with one attached hydrogen (secondary N) is 1.